The second-order valence-corrected chi connectivity index (χ2v) is 4.72. The van der Waals surface area contributed by atoms with Crippen LogP contribution >= 0.6 is 11.6 Å². The summed E-state index contributed by atoms with van der Waals surface area (Å²) in [6.07, 6.45) is 0. The fraction of sp³-hybridized carbons (Fsp3) is 0.636. The molecular weight excluding hydrogens is 212 g/mol. The zero-order chi connectivity index (χ0) is 11.6. The van der Waals surface area contributed by atoms with Crippen LogP contribution in [-0.4, -0.2) is 23.7 Å². The maximum atomic E-state index is 6.03. The molecule has 0 atom stereocenters. The van der Waals surface area contributed by atoms with Gasteiger partial charge in [0.15, 0.2) is 0 Å². The van der Waals surface area contributed by atoms with Crippen molar-refractivity contribution in [2.45, 2.75) is 33.1 Å². The number of halogens is 1. The summed E-state index contributed by atoms with van der Waals surface area (Å²) in [5.41, 5.74) is 1.65. The lowest BCUT2D eigenvalue weighted by Crippen LogP contribution is -2.27. The van der Waals surface area contributed by atoms with Gasteiger partial charge in [-0.2, -0.15) is 0 Å². The number of methoxy groups -OCH3 is 1. The topological polar surface area (TPSA) is 35.0 Å². The van der Waals surface area contributed by atoms with E-state index >= 15 is 0 Å². The van der Waals surface area contributed by atoms with Gasteiger partial charge in [-0.15, -0.1) is 0 Å². The zero-order valence-corrected chi connectivity index (χ0v) is 10.6. The molecule has 0 N–H and O–H groups in total. The average molecular weight is 229 g/mol. The molecule has 0 saturated carbocycles. The summed E-state index contributed by atoms with van der Waals surface area (Å²) < 4.78 is 5.15. The van der Waals surface area contributed by atoms with Crippen molar-refractivity contribution in [2.24, 2.45) is 0 Å². The minimum Gasteiger partial charge on any atom is -0.384 e. The summed E-state index contributed by atoms with van der Waals surface area (Å²) in [6, 6.07) is 0. The molecule has 15 heavy (non-hydrogen) atoms. The zero-order valence-electron chi connectivity index (χ0n) is 9.89. The largest absolute Gasteiger partial charge is 0.384 e. The number of hydrogen-bond donors (Lipinski definition) is 0. The molecule has 1 rings (SSSR count). The van der Waals surface area contributed by atoms with E-state index in [2.05, 4.69) is 9.97 Å². The molecule has 0 saturated heterocycles. The molecule has 1 aromatic heterocycles. The van der Waals surface area contributed by atoms with Crippen LogP contribution in [0.25, 0.3) is 0 Å². The quantitative estimate of drug-likeness (QED) is 0.747. The summed E-state index contributed by atoms with van der Waals surface area (Å²) in [5.74, 6) is 0.734. The second-order valence-electron chi connectivity index (χ2n) is 4.37. The van der Waals surface area contributed by atoms with Gasteiger partial charge in [-0.3, -0.25) is 0 Å². The Bertz CT molecular complexity index is 341. The smallest absolute Gasteiger partial charge is 0.138 e. The van der Waals surface area contributed by atoms with Gasteiger partial charge in [0, 0.05) is 23.8 Å². The van der Waals surface area contributed by atoms with E-state index in [1.54, 1.807) is 7.11 Å². The van der Waals surface area contributed by atoms with E-state index in [1.165, 1.54) is 0 Å². The summed E-state index contributed by atoms with van der Waals surface area (Å²) in [5, 5.41) is 0.529. The summed E-state index contributed by atoms with van der Waals surface area (Å²) >= 11 is 6.03. The molecule has 1 heterocycles. The third-order valence-corrected chi connectivity index (χ3v) is 2.81. The highest BCUT2D eigenvalue weighted by atomic mass is 35.5. The van der Waals surface area contributed by atoms with Crippen molar-refractivity contribution in [2.75, 3.05) is 13.7 Å². The maximum Gasteiger partial charge on any atom is 0.138 e. The predicted octanol–water partition coefficient (Wildman–Crippen LogP) is 2.67. The molecule has 0 aliphatic heterocycles. The van der Waals surface area contributed by atoms with Crippen molar-refractivity contribution < 1.29 is 4.74 Å². The predicted molar refractivity (Wildman–Crippen MR) is 61.4 cm³/mol. The van der Waals surface area contributed by atoms with Crippen molar-refractivity contribution in [3.05, 3.63) is 22.2 Å². The van der Waals surface area contributed by atoms with Crippen LogP contribution in [0.15, 0.2) is 0 Å². The third kappa shape index (κ3) is 2.67. The lowest BCUT2D eigenvalue weighted by molar-refractivity contribution is 0.142. The highest BCUT2D eigenvalue weighted by molar-refractivity contribution is 6.30. The maximum absolute atomic E-state index is 6.03. The van der Waals surface area contributed by atoms with E-state index in [0.717, 1.165) is 17.1 Å². The van der Waals surface area contributed by atoms with E-state index in [9.17, 15) is 0 Å². The Morgan fingerprint density at radius 1 is 1.27 bits per heavy atom. The fourth-order valence-corrected chi connectivity index (χ4v) is 1.54. The standard InChI is InChI=1S/C11H17ClN2O/c1-7-8(2)13-10(14-9(7)12)11(3,4)6-15-5/h6H2,1-5H3. The van der Waals surface area contributed by atoms with Crippen LogP contribution in [0.3, 0.4) is 0 Å². The van der Waals surface area contributed by atoms with Crippen molar-refractivity contribution in [1.82, 2.24) is 9.97 Å². The van der Waals surface area contributed by atoms with Gasteiger partial charge in [0.05, 0.1) is 6.61 Å². The first kappa shape index (κ1) is 12.4. The van der Waals surface area contributed by atoms with E-state index in [0.29, 0.717) is 11.8 Å². The Morgan fingerprint density at radius 2 is 1.87 bits per heavy atom. The molecule has 0 aliphatic carbocycles. The summed E-state index contributed by atoms with van der Waals surface area (Å²) in [4.78, 5) is 8.75. The monoisotopic (exact) mass is 228 g/mol. The van der Waals surface area contributed by atoms with Crippen LogP contribution in [0, 0.1) is 13.8 Å². The summed E-state index contributed by atoms with van der Waals surface area (Å²) in [6.45, 7) is 8.51. The minimum absolute atomic E-state index is 0.211. The van der Waals surface area contributed by atoms with Gasteiger partial charge in [-0.05, 0) is 13.8 Å². The van der Waals surface area contributed by atoms with Gasteiger partial charge in [0.1, 0.15) is 11.0 Å². The van der Waals surface area contributed by atoms with Crippen LogP contribution in [0.2, 0.25) is 5.15 Å². The molecule has 0 aliphatic rings. The number of nitrogens with zero attached hydrogens (tertiary/aromatic N) is 2. The molecule has 0 fully saturated rings. The number of rotatable bonds is 3. The SMILES string of the molecule is COCC(C)(C)c1nc(C)c(C)c(Cl)n1. The molecule has 0 radical (unpaired) electrons. The summed E-state index contributed by atoms with van der Waals surface area (Å²) in [7, 11) is 1.67. The number of ether oxygens (including phenoxy) is 1. The number of aryl methyl sites for hydroxylation is 1. The average Bonchev–Trinajstić information content (AvgIpc) is 2.13. The van der Waals surface area contributed by atoms with Crippen molar-refractivity contribution in [3.63, 3.8) is 0 Å². The molecule has 0 spiro atoms. The van der Waals surface area contributed by atoms with Crippen molar-refractivity contribution in [3.8, 4) is 0 Å². The van der Waals surface area contributed by atoms with Crippen LogP contribution in [0.4, 0.5) is 0 Å². The van der Waals surface area contributed by atoms with E-state index in [1.807, 2.05) is 27.7 Å². The highest BCUT2D eigenvalue weighted by Gasteiger charge is 2.25. The Hall–Kier alpha value is -0.670. The molecule has 84 valence electrons. The first-order chi connectivity index (χ1) is 6.88. The van der Waals surface area contributed by atoms with Gasteiger partial charge in [-0.25, -0.2) is 9.97 Å². The van der Waals surface area contributed by atoms with E-state index < -0.39 is 0 Å². The molecular formula is C11H17ClN2O. The first-order valence-electron chi connectivity index (χ1n) is 4.88. The Labute approximate surface area is 95.8 Å². The Morgan fingerprint density at radius 3 is 2.33 bits per heavy atom. The Kier molecular flexibility index (Phi) is 3.68. The molecule has 0 aromatic carbocycles. The van der Waals surface area contributed by atoms with Crippen LogP contribution in [0.5, 0.6) is 0 Å². The second kappa shape index (κ2) is 4.45. The van der Waals surface area contributed by atoms with E-state index in [4.69, 9.17) is 16.3 Å². The van der Waals surface area contributed by atoms with Crippen LogP contribution in [0.1, 0.15) is 30.9 Å². The molecule has 4 heteroatoms. The lowest BCUT2D eigenvalue weighted by Gasteiger charge is -2.22. The van der Waals surface area contributed by atoms with Gasteiger partial charge in [-0.1, -0.05) is 25.4 Å². The molecule has 0 bridgehead atoms. The molecule has 0 amide bonds. The van der Waals surface area contributed by atoms with Crippen LogP contribution < -0.4 is 0 Å². The minimum atomic E-state index is -0.211. The van der Waals surface area contributed by atoms with Crippen molar-refractivity contribution in [1.29, 1.82) is 0 Å². The first-order valence-corrected chi connectivity index (χ1v) is 5.26. The lowest BCUT2D eigenvalue weighted by atomic mass is 9.93. The molecule has 1 aromatic rings. The highest BCUT2D eigenvalue weighted by Crippen LogP contribution is 2.23. The number of aromatic nitrogens is 2. The Balaban J connectivity index is 3.16. The van der Waals surface area contributed by atoms with Gasteiger partial charge >= 0.3 is 0 Å². The van der Waals surface area contributed by atoms with Gasteiger partial charge in [0.2, 0.25) is 0 Å². The fourth-order valence-electron chi connectivity index (χ4n) is 1.32. The molecule has 0 unspecified atom stereocenters. The molecule has 3 nitrogen and oxygen atoms in total. The van der Waals surface area contributed by atoms with Crippen molar-refractivity contribution >= 4 is 11.6 Å². The normalized spacial score (nSPS) is 11.9. The van der Waals surface area contributed by atoms with Gasteiger partial charge in [0.25, 0.3) is 0 Å². The third-order valence-electron chi connectivity index (χ3n) is 2.44. The number of hydrogen-bond acceptors (Lipinski definition) is 3. The van der Waals surface area contributed by atoms with E-state index in [-0.39, 0.29) is 5.41 Å². The van der Waals surface area contributed by atoms with Gasteiger partial charge < -0.3 is 4.74 Å². The van der Waals surface area contributed by atoms with Crippen LogP contribution in [-0.2, 0) is 10.2 Å².